The van der Waals surface area contributed by atoms with Crippen LogP contribution in [0.4, 0.5) is 0 Å². The molecule has 4 heteroatoms. The first-order valence-corrected chi connectivity index (χ1v) is 16.1. The van der Waals surface area contributed by atoms with E-state index >= 15 is 0 Å². The molecule has 0 N–H and O–H groups in total. The molecule has 2 aliphatic heterocycles. The lowest BCUT2D eigenvalue weighted by molar-refractivity contribution is 0.466. The molecule has 0 bridgehead atoms. The lowest BCUT2D eigenvalue weighted by Gasteiger charge is -2.39. The Balaban J connectivity index is 1.52. The van der Waals surface area contributed by atoms with Gasteiger partial charge in [-0.1, -0.05) is 133 Å². The molecular formula is C37H27BO2Si. The van der Waals surface area contributed by atoms with Crippen molar-refractivity contribution in [2.75, 3.05) is 0 Å². The second-order valence-electron chi connectivity index (χ2n) is 10.9. The number of benzene rings is 6. The van der Waals surface area contributed by atoms with E-state index in [0.717, 1.165) is 28.5 Å². The molecule has 0 saturated heterocycles. The lowest BCUT2D eigenvalue weighted by Crippen LogP contribution is -2.75. The summed E-state index contributed by atoms with van der Waals surface area (Å²) in [4.78, 5) is 0. The van der Waals surface area contributed by atoms with Crippen molar-refractivity contribution in [3.8, 4) is 23.0 Å². The topological polar surface area (TPSA) is 18.5 Å². The Morgan fingerprint density at radius 3 is 1.68 bits per heavy atom. The zero-order valence-electron chi connectivity index (χ0n) is 22.8. The first kappa shape index (κ1) is 24.0. The van der Waals surface area contributed by atoms with Crippen LogP contribution in [0.15, 0.2) is 146 Å². The van der Waals surface area contributed by atoms with Gasteiger partial charge in [0.2, 0.25) is 0 Å². The zero-order chi connectivity index (χ0) is 27.4. The average Bonchev–Trinajstić information content (AvgIpc) is 3.03. The highest BCUT2D eigenvalue weighted by atomic mass is 28.3. The summed E-state index contributed by atoms with van der Waals surface area (Å²) in [7, 11) is -2.85. The first-order chi connectivity index (χ1) is 20.2. The number of rotatable bonds is 4. The second kappa shape index (κ2) is 9.40. The molecule has 2 nitrogen and oxygen atoms in total. The van der Waals surface area contributed by atoms with Crippen molar-refractivity contribution in [3.05, 3.63) is 151 Å². The molecule has 0 amide bonds. The van der Waals surface area contributed by atoms with E-state index in [2.05, 4.69) is 146 Å². The third kappa shape index (κ3) is 3.57. The molecule has 41 heavy (non-hydrogen) atoms. The van der Waals surface area contributed by atoms with E-state index in [9.17, 15) is 0 Å². The van der Waals surface area contributed by atoms with Crippen molar-refractivity contribution in [2.45, 2.75) is 6.92 Å². The summed E-state index contributed by atoms with van der Waals surface area (Å²) in [5, 5.41) is 5.22. The quantitative estimate of drug-likeness (QED) is 0.246. The van der Waals surface area contributed by atoms with Crippen molar-refractivity contribution >= 4 is 51.9 Å². The molecule has 0 saturated carbocycles. The van der Waals surface area contributed by atoms with E-state index in [-0.39, 0.29) is 6.71 Å². The van der Waals surface area contributed by atoms with Gasteiger partial charge in [0.15, 0.2) is 8.07 Å². The fourth-order valence-electron chi connectivity index (χ4n) is 6.90. The van der Waals surface area contributed by atoms with Crippen LogP contribution in [0, 0.1) is 6.92 Å². The third-order valence-electron chi connectivity index (χ3n) is 8.61. The molecule has 194 valence electrons. The number of fused-ring (bicyclic) bond motifs is 4. The van der Waals surface area contributed by atoms with Crippen LogP contribution in [0.5, 0.6) is 23.0 Å². The summed E-state index contributed by atoms with van der Waals surface area (Å²) in [5.41, 5.74) is 4.73. The van der Waals surface area contributed by atoms with E-state index in [1.54, 1.807) is 0 Å². The number of para-hydroxylation sites is 2. The maximum atomic E-state index is 7.03. The summed E-state index contributed by atoms with van der Waals surface area (Å²) in [5.74, 6) is 3.62. The minimum atomic E-state index is -2.85. The Labute approximate surface area is 242 Å². The van der Waals surface area contributed by atoms with Gasteiger partial charge in [0.25, 0.3) is 6.71 Å². The number of ether oxygens (including phenoxy) is 2. The minimum Gasteiger partial charge on any atom is -0.458 e. The molecule has 2 heterocycles. The third-order valence-corrected chi connectivity index (χ3v) is 13.4. The van der Waals surface area contributed by atoms with Gasteiger partial charge in [-0.05, 0) is 56.8 Å². The molecule has 6 aromatic carbocycles. The maximum absolute atomic E-state index is 7.03. The van der Waals surface area contributed by atoms with Gasteiger partial charge < -0.3 is 9.47 Å². The average molecular weight is 543 g/mol. The Morgan fingerprint density at radius 2 is 1.05 bits per heavy atom. The molecule has 0 radical (unpaired) electrons. The first-order valence-electron chi connectivity index (χ1n) is 14.1. The maximum Gasteiger partial charge on any atom is 0.260 e. The minimum absolute atomic E-state index is 0.0330. The molecule has 0 aromatic heterocycles. The van der Waals surface area contributed by atoms with Gasteiger partial charge in [0.05, 0.1) is 0 Å². The van der Waals surface area contributed by atoms with Gasteiger partial charge >= 0.3 is 0 Å². The van der Waals surface area contributed by atoms with E-state index in [1.165, 1.54) is 37.2 Å². The highest BCUT2D eigenvalue weighted by Crippen LogP contribution is 2.34. The highest BCUT2D eigenvalue weighted by Gasteiger charge is 2.48. The molecule has 0 aliphatic carbocycles. The van der Waals surface area contributed by atoms with E-state index in [1.807, 2.05) is 6.07 Å². The standard InChI is InChI=1S/C37H27BO2Si/c1-26-13-12-18-29(25-26)41(27-14-4-2-5-15-27,28-16-6-3-7-17-28)35-24-23-34-36-37(35)40-33-22-11-9-20-31(33)38(36)30-19-8-10-21-32(30)39-34/h2-25H,1H3. The van der Waals surface area contributed by atoms with Crippen LogP contribution in [0.3, 0.4) is 0 Å². The van der Waals surface area contributed by atoms with Crippen molar-refractivity contribution in [3.63, 3.8) is 0 Å². The molecule has 0 atom stereocenters. The van der Waals surface area contributed by atoms with Crippen LogP contribution < -0.4 is 46.6 Å². The Kier molecular flexibility index (Phi) is 5.51. The van der Waals surface area contributed by atoms with E-state index in [4.69, 9.17) is 9.47 Å². The van der Waals surface area contributed by atoms with Gasteiger partial charge in [0, 0.05) is 5.46 Å². The fraction of sp³-hybridized carbons (Fsp3) is 0.0270. The molecular weight excluding hydrogens is 515 g/mol. The Morgan fingerprint density at radius 1 is 0.488 bits per heavy atom. The van der Waals surface area contributed by atoms with Crippen molar-refractivity contribution < 1.29 is 9.47 Å². The van der Waals surface area contributed by atoms with Crippen molar-refractivity contribution in [1.29, 1.82) is 0 Å². The van der Waals surface area contributed by atoms with Crippen LogP contribution in [0.25, 0.3) is 0 Å². The van der Waals surface area contributed by atoms with Crippen molar-refractivity contribution in [2.24, 2.45) is 0 Å². The molecule has 0 unspecified atom stereocenters. The monoisotopic (exact) mass is 542 g/mol. The fourth-order valence-corrected chi connectivity index (χ4v) is 11.9. The molecule has 0 spiro atoms. The molecule has 6 aromatic rings. The summed E-state index contributed by atoms with van der Waals surface area (Å²) < 4.78 is 13.6. The van der Waals surface area contributed by atoms with E-state index in [0.29, 0.717) is 0 Å². The van der Waals surface area contributed by atoms with Crippen LogP contribution in [-0.2, 0) is 0 Å². The summed E-state index contributed by atoms with van der Waals surface area (Å²) in [6, 6.07) is 52.5. The number of hydrogen-bond acceptors (Lipinski definition) is 2. The zero-order valence-corrected chi connectivity index (χ0v) is 23.8. The smallest absolute Gasteiger partial charge is 0.260 e. The second-order valence-corrected chi connectivity index (χ2v) is 14.7. The predicted octanol–water partition coefficient (Wildman–Crippen LogP) is 4.10. The Bertz CT molecular complexity index is 1870. The van der Waals surface area contributed by atoms with Gasteiger partial charge in [-0.25, -0.2) is 0 Å². The normalized spacial score (nSPS) is 12.9. The summed E-state index contributed by atoms with van der Waals surface area (Å²) >= 11 is 0. The summed E-state index contributed by atoms with van der Waals surface area (Å²) in [6.07, 6.45) is 0. The van der Waals surface area contributed by atoms with Crippen LogP contribution in [-0.4, -0.2) is 14.8 Å². The molecule has 0 fully saturated rings. The highest BCUT2D eigenvalue weighted by molar-refractivity contribution is 7.20. The van der Waals surface area contributed by atoms with E-state index < -0.39 is 8.07 Å². The number of aryl methyl sites for hydroxylation is 1. The van der Waals surface area contributed by atoms with Gasteiger partial charge in [-0.3, -0.25) is 0 Å². The largest absolute Gasteiger partial charge is 0.458 e. The lowest BCUT2D eigenvalue weighted by atomic mass is 9.35. The van der Waals surface area contributed by atoms with Crippen LogP contribution >= 0.6 is 0 Å². The van der Waals surface area contributed by atoms with Gasteiger partial charge in [-0.2, -0.15) is 0 Å². The van der Waals surface area contributed by atoms with Gasteiger partial charge in [0.1, 0.15) is 23.0 Å². The van der Waals surface area contributed by atoms with Crippen LogP contribution in [0.2, 0.25) is 0 Å². The number of hydrogen-bond donors (Lipinski definition) is 0. The summed E-state index contributed by atoms with van der Waals surface area (Å²) in [6.45, 7) is 2.22. The van der Waals surface area contributed by atoms with Crippen LogP contribution in [0.1, 0.15) is 5.56 Å². The molecule has 8 rings (SSSR count). The SMILES string of the molecule is Cc1cccc([Si](c2ccccc2)(c2ccccc2)c2ccc3c4c2Oc2ccccc2B4c2ccccc2O3)c1. The van der Waals surface area contributed by atoms with Gasteiger partial charge in [-0.15, -0.1) is 0 Å². The molecule has 2 aliphatic rings. The van der Waals surface area contributed by atoms with Crippen molar-refractivity contribution in [1.82, 2.24) is 0 Å². The predicted molar refractivity (Wildman–Crippen MR) is 172 cm³/mol. The Hall–Kier alpha value is -4.80.